The molecule has 0 aliphatic rings. The summed E-state index contributed by atoms with van der Waals surface area (Å²) >= 11 is 6.12. The molecule has 0 radical (unpaired) electrons. The van der Waals surface area contributed by atoms with Crippen LogP contribution in [0.4, 0.5) is 10.1 Å². The van der Waals surface area contributed by atoms with Gasteiger partial charge in [0, 0.05) is 38.0 Å². The Hall–Kier alpha value is -3.43. The predicted octanol–water partition coefficient (Wildman–Crippen LogP) is 4.72. The number of hydrogen-bond donors (Lipinski definition) is 1. The Morgan fingerprint density at radius 2 is 1.67 bits per heavy atom. The van der Waals surface area contributed by atoms with Gasteiger partial charge in [0.2, 0.25) is 21.8 Å². The first-order valence-electron chi connectivity index (χ1n) is 12.5. The van der Waals surface area contributed by atoms with Crippen LogP contribution in [0.5, 0.6) is 0 Å². The molecule has 0 heterocycles. The lowest BCUT2D eigenvalue weighted by atomic mass is 10.0. The highest BCUT2D eigenvalue weighted by Gasteiger charge is 2.30. The van der Waals surface area contributed by atoms with Gasteiger partial charge in [-0.3, -0.25) is 13.9 Å². The van der Waals surface area contributed by atoms with Crippen molar-refractivity contribution in [2.75, 3.05) is 24.2 Å². The van der Waals surface area contributed by atoms with Crippen LogP contribution in [-0.4, -0.2) is 51.0 Å². The van der Waals surface area contributed by atoms with Gasteiger partial charge in [0.05, 0.1) is 11.9 Å². The van der Waals surface area contributed by atoms with Crippen molar-refractivity contribution in [1.82, 2.24) is 10.2 Å². The van der Waals surface area contributed by atoms with E-state index in [4.69, 9.17) is 11.6 Å². The van der Waals surface area contributed by atoms with Crippen molar-refractivity contribution in [3.63, 3.8) is 0 Å². The van der Waals surface area contributed by atoms with Crippen molar-refractivity contribution in [3.05, 3.63) is 100 Å². The van der Waals surface area contributed by atoms with Crippen molar-refractivity contribution < 1.29 is 22.4 Å². The number of nitrogens with zero attached hydrogens (tertiary/aromatic N) is 2. The predicted molar refractivity (Wildman–Crippen MR) is 153 cm³/mol. The molecule has 0 aliphatic carbocycles. The number of carbonyl (C=O) groups excluding carboxylic acids is 2. The van der Waals surface area contributed by atoms with Crippen molar-refractivity contribution in [1.29, 1.82) is 0 Å². The van der Waals surface area contributed by atoms with E-state index in [0.29, 0.717) is 16.3 Å². The van der Waals surface area contributed by atoms with Gasteiger partial charge >= 0.3 is 0 Å². The molecule has 39 heavy (non-hydrogen) atoms. The standard InChI is InChI=1S/C29H33ClFN3O4S/c1-21-11-14-24(30)19-26(21)34(39(3,37)38)17-7-10-28(35)33(20-23-12-15-25(31)16-13-23)27(29(36)32-2)18-22-8-5-4-6-9-22/h4-6,8-9,11-16,19,27H,7,10,17-18,20H2,1-3H3,(H,32,36)/t27-/m1/s1. The van der Waals surface area contributed by atoms with Gasteiger partial charge in [0.25, 0.3) is 0 Å². The highest BCUT2D eigenvalue weighted by molar-refractivity contribution is 7.92. The third kappa shape index (κ3) is 8.53. The minimum atomic E-state index is -3.65. The molecule has 2 amide bonds. The molecule has 0 aliphatic heterocycles. The first-order chi connectivity index (χ1) is 18.5. The summed E-state index contributed by atoms with van der Waals surface area (Å²) in [4.78, 5) is 28.1. The topological polar surface area (TPSA) is 86.8 Å². The fourth-order valence-electron chi connectivity index (χ4n) is 4.34. The quantitative estimate of drug-likeness (QED) is 0.340. The van der Waals surface area contributed by atoms with Gasteiger partial charge in [-0.15, -0.1) is 0 Å². The SMILES string of the molecule is CNC(=O)[C@@H](Cc1ccccc1)N(Cc1ccc(F)cc1)C(=O)CCCN(c1cc(Cl)ccc1C)S(C)(=O)=O. The summed E-state index contributed by atoms with van der Waals surface area (Å²) in [6.45, 7) is 1.93. The molecule has 208 valence electrons. The van der Waals surface area contributed by atoms with Gasteiger partial charge in [-0.05, 0) is 54.3 Å². The molecule has 1 N–H and O–H groups in total. The minimum absolute atomic E-state index is 0.00485. The van der Waals surface area contributed by atoms with E-state index in [-0.39, 0.29) is 44.2 Å². The zero-order valence-corrected chi connectivity index (χ0v) is 23.8. The second-order valence-electron chi connectivity index (χ2n) is 9.34. The van der Waals surface area contributed by atoms with Crippen molar-refractivity contribution in [3.8, 4) is 0 Å². The average molecular weight is 574 g/mol. The van der Waals surface area contributed by atoms with E-state index in [1.165, 1.54) is 28.4 Å². The number of rotatable bonds is 12. The molecule has 3 rings (SSSR count). The molecule has 10 heteroatoms. The van der Waals surface area contributed by atoms with Crippen LogP contribution in [0.1, 0.15) is 29.5 Å². The maximum Gasteiger partial charge on any atom is 0.242 e. The number of sulfonamides is 1. The number of nitrogens with one attached hydrogen (secondary N) is 1. The lowest BCUT2D eigenvalue weighted by molar-refractivity contribution is -0.141. The van der Waals surface area contributed by atoms with Crippen LogP contribution in [0.15, 0.2) is 72.8 Å². The maximum atomic E-state index is 13.6. The molecular formula is C29H33ClFN3O4S. The zero-order chi connectivity index (χ0) is 28.6. The van der Waals surface area contributed by atoms with Crippen molar-refractivity contribution in [2.24, 2.45) is 0 Å². The zero-order valence-electron chi connectivity index (χ0n) is 22.2. The molecule has 3 aromatic rings. The number of halogens is 2. The number of benzene rings is 3. The first kappa shape index (κ1) is 30.1. The number of carbonyl (C=O) groups is 2. The highest BCUT2D eigenvalue weighted by atomic mass is 35.5. The third-order valence-electron chi connectivity index (χ3n) is 6.38. The number of likely N-dealkylation sites (N-methyl/N-ethyl adjacent to an activating group) is 1. The van der Waals surface area contributed by atoms with Gasteiger partial charge in [-0.1, -0.05) is 60.1 Å². The number of hydrogen-bond acceptors (Lipinski definition) is 4. The summed E-state index contributed by atoms with van der Waals surface area (Å²) in [5.74, 6) is -1.05. The van der Waals surface area contributed by atoms with Crippen molar-refractivity contribution in [2.45, 2.75) is 38.8 Å². The molecule has 0 spiro atoms. The van der Waals surface area contributed by atoms with E-state index >= 15 is 0 Å². The van der Waals surface area contributed by atoms with Crippen molar-refractivity contribution >= 4 is 39.1 Å². The fourth-order valence-corrected chi connectivity index (χ4v) is 5.52. The summed E-state index contributed by atoms with van der Waals surface area (Å²) < 4.78 is 40.0. The van der Waals surface area contributed by atoms with Crippen LogP contribution < -0.4 is 9.62 Å². The largest absolute Gasteiger partial charge is 0.357 e. The summed E-state index contributed by atoms with van der Waals surface area (Å²) in [5.41, 5.74) is 2.73. The number of amides is 2. The Morgan fingerprint density at radius 1 is 1.00 bits per heavy atom. The van der Waals surface area contributed by atoms with Gasteiger partial charge < -0.3 is 10.2 Å². The maximum absolute atomic E-state index is 13.6. The average Bonchev–Trinajstić information content (AvgIpc) is 2.90. The molecule has 1 atom stereocenters. The second-order valence-corrected chi connectivity index (χ2v) is 11.7. The van der Waals surface area contributed by atoms with E-state index in [2.05, 4.69) is 5.32 Å². The molecule has 7 nitrogen and oxygen atoms in total. The highest BCUT2D eigenvalue weighted by Crippen LogP contribution is 2.27. The Kier molecular flexibility index (Phi) is 10.5. The first-order valence-corrected chi connectivity index (χ1v) is 14.8. The summed E-state index contributed by atoms with van der Waals surface area (Å²) in [7, 11) is -2.14. The van der Waals surface area contributed by atoms with Crippen LogP contribution in [-0.2, 0) is 32.6 Å². The van der Waals surface area contributed by atoms with E-state index in [0.717, 1.165) is 17.4 Å². The number of anilines is 1. The Morgan fingerprint density at radius 3 is 2.28 bits per heavy atom. The smallest absolute Gasteiger partial charge is 0.242 e. The molecule has 0 saturated heterocycles. The molecule has 0 saturated carbocycles. The Labute approximate surface area is 234 Å². The molecule has 0 bridgehead atoms. The fraction of sp³-hybridized carbons (Fsp3) is 0.310. The van der Waals surface area contributed by atoms with Crippen LogP contribution in [0.25, 0.3) is 0 Å². The molecule has 0 fully saturated rings. The lowest BCUT2D eigenvalue weighted by Gasteiger charge is -2.31. The normalized spacial score (nSPS) is 12.0. The van der Waals surface area contributed by atoms with E-state index in [9.17, 15) is 22.4 Å². The van der Waals surface area contributed by atoms with Gasteiger partial charge in [0.15, 0.2) is 0 Å². The van der Waals surface area contributed by atoms with E-state index in [1.807, 2.05) is 30.3 Å². The van der Waals surface area contributed by atoms with Crippen LogP contribution in [0.3, 0.4) is 0 Å². The Balaban J connectivity index is 1.86. The molecule has 0 aromatic heterocycles. The summed E-state index contributed by atoms with van der Waals surface area (Å²) in [6, 6.07) is 19.3. The van der Waals surface area contributed by atoms with Gasteiger partial charge in [-0.2, -0.15) is 0 Å². The van der Waals surface area contributed by atoms with Crippen LogP contribution in [0.2, 0.25) is 5.02 Å². The van der Waals surface area contributed by atoms with Crippen LogP contribution in [0, 0.1) is 12.7 Å². The number of aryl methyl sites for hydroxylation is 1. The second kappa shape index (κ2) is 13.6. The summed E-state index contributed by atoms with van der Waals surface area (Å²) in [5, 5.41) is 3.05. The lowest BCUT2D eigenvalue weighted by Crippen LogP contribution is -2.49. The van der Waals surface area contributed by atoms with Gasteiger partial charge in [-0.25, -0.2) is 12.8 Å². The molecule has 3 aromatic carbocycles. The summed E-state index contributed by atoms with van der Waals surface area (Å²) in [6.07, 6.45) is 1.60. The third-order valence-corrected chi connectivity index (χ3v) is 7.79. The van der Waals surface area contributed by atoms with E-state index in [1.54, 1.807) is 37.3 Å². The minimum Gasteiger partial charge on any atom is -0.357 e. The molecular weight excluding hydrogens is 541 g/mol. The van der Waals surface area contributed by atoms with E-state index < -0.39 is 21.9 Å². The Bertz CT molecular complexity index is 1390. The monoisotopic (exact) mass is 573 g/mol. The van der Waals surface area contributed by atoms with Gasteiger partial charge in [0.1, 0.15) is 11.9 Å². The van der Waals surface area contributed by atoms with Crippen LogP contribution >= 0.6 is 11.6 Å². The molecule has 0 unspecified atom stereocenters.